The van der Waals surface area contributed by atoms with E-state index >= 15 is 0 Å². The van der Waals surface area contributed by atoms with E-state index in [1.54, 1.807) is 0 Å². The summed E-state index contributed by atoms with van der Waals surface area (Å²) in [7, 11) is 1.88. The summed E-state index contributed by atoms with van der Waals surface area (Å²) in [6.07, 6.45) is 0. The summed E-state index contributed by atoms with van der Waals surface area (Å²) in [5.41, 5.74) is 1.16. The minimum absolute atomic E-state index is 0.151. The number of rotatable bonds is 2. The van der Waals surface area contributed by atoms with Gasteiger partial charge in [0.05, 0.1) is 0 Å². The van der Waals surface area contributed by atoms with Crippen molar-refractivity contribution >= 4 is 15.9 Å². The van der Waals surface area contributed by atoms with Crippen molar-refractivity contribution < 1.29 is 1.37 Å². The summed E-state index contributed by atoms with van der Waals surface area (Å²) in [6, 6.07) is 8.20. The van der Waals surface area contributed by atoms with Gasteiger partial charge in [-0.15, -0.1) is 0 Å². The van der Waals surface area contributed by atoms with Crippen molar-refractivity contribution in [2.24, 2.45) is 0 Å². The second-order valence-electron chi connectivity index (χ2n) is 2.39. The number of halogens is 1. The molecule has 0 saturated carbocycles. The molecule has 0 heterocycles. The molecule has 1 N–H and O–H groups in total. The molecule has 1 unspecified atom stereocenters. The van der Waals surface area contributed by atoms with Gasteiger partial charge in [0.25, 0.3) is 0 Å². The Kier molecular flexibility index (Phi) is 2.58. The average Bonchev–Trinajstić information content (AvgIpc) is 2.10. The molecule has 2 heteroatoms. The van der Waals surface area contributed by atoms with Gasteiger partial charge in [-0.05, 0) is 31.6 Å². The molecule has 60 valence electrons. The molecule has 0 aliphatic heterocycles. The van der Waals surface area contributed by atoms with Crippen LogP contribution in [0.25, 0.3) is 0 Å². The normalized spacial score (nSPS) is 14.2. The third kappa shape index (κ3) is 2.31. The van der Waals surface area contributed by atoms with Crippen LogP contribution in [0.1, 0.15) is 19.9 Å². The molecule has 1 nitrogen and oxygen atoms in total. The Bertz CT molecular complexity index is 231. The van der Waals surface area contributed by atoms with Crippen molar-refractivity contribution in [1.29, 1.82) is 0 Å². The highest BCUT2D eigenvalue weighted by Crippen LogP contribution is 2.15. The summed E-state index contributed by atoms with van der Waals surface area (Å²) in [5, 5.41) is 3.08. The summed E-state index contributed by atoms with van der Waals surface area (Å²) in [4.78, 5) is 0. The van der Waals surface area contributed by atoms with Crippen LogP contribution in [-0.2, 0) is 0 Å². The molecule has 0 amide bonds. The molecule has 0 saturated heterocycles. The molecule has 0 bridgehead atoms. The van der Waals surface area contributed by atoms with Crippen molar-refractivity contribution in [3.8, 4) is 0 Å². The third-order valence-electron chi connectivity index (χ3n) is 1.62. The highest BCUT2D eigenvalue weighted by Gasteiger charge is 1.99. The lowest BCUT2D eigenvalue weighted by Gasteiger charge is -2.09. The van der Waals surface area contributed by atoms with Gasteiger partial charge in [0.15, 0.2) is 0 Å². The van der Waals surface area contributed by atoms with E-state index in [1.807, 2.05) is 31.3 Å². The van der Waals surface area contributed by atoms with Crippen molar-refractivity contribution in [2.45, 2.75) is 12.9 Å². The van der Waals surface area contributed by atoms with Gasteiger partial charge in [-0.2, -0.15) is 0 Å². The smallest absolute Gasteiger partial charge is 0.0289 e. The van der Waals surface area contributed by atoms with Crippen LogP contribution in [-0.4, -0.2) is 7.05 Å². The Morgan fingerprint density at radius 3 is 2.55 bits per heavy atom. The molecule has 0 fully saturated rings. The van der Waals surface area contributed by atoms with Gasteiger partial charge in [0, 0.05) is 11.9 Å². The third-order valence-corrected chi connectivity index (χ3v) is 2.15. The largest absolute Gasteiger partial charge is 0.313 e. The molecule has 11 heavy (non-hydrogen) atoms. The average molecular weight is 215 g/mol. The fourth-order valence-electron chi connectivity index (χ4n) is 0.862. The van der Waals surface area contributed by atoms with E-state index < -0.39 is 0 Å². The number of hydrogen-bond acceptors (Lipinski definition) is 1. The lowest BCUT2D eigenvalue weighted by Crippen LogP contribution is -2.11. The minimum atomic E-state index is 0.151. The molecule has 0 aliphatic carbocycles. The monoisotopic (exact) mass is 214 g/mol. The predicted molar refractivity (Wildman–Crippen MR) is 51.6 cm³/mol. The molecule has 1 aromatic carbocycles. The fourth-order valence-corrected chi connectivity index (χ4v) is 1.13. The van der Waals surface area contributed by atoms with Crippen LogP contribution in [0.2, 0.25) is 0 Å². The highest BCUT2D eigenvalue weighted by atomic mass is 79.9. The van der Waals surface area contributed by atoms with E-state index in [9.17, 15) is 0 Å². The van der Waals surface area contributed by atoms with Crippen LogP contribution in [0.15, 0.2) is 28.7 Å². The molecule has 1 rings (SSSR count). The first-order valence-electron chi connectivity index (χ1n) is 4.20. The van der Waals surface area contributed by atoms with E-state index in [0.29, 0.717) is 6.90 Å². The Hall–Kier alpha value is -0.340. The number of benzene rings is 1. The minimum Gasteiger partial charge on any atom is -0.313 e. The molecule has 0 aliphatic rings. The Balaban J connectivity index is 2.80. The second kappa shape index (κ2) is 3.88. The lowest BCUT2D eigenvalue weighted by atomic mass is 10.1. The maximum Gasteiger partial charge on any atom is 0.0289 e. The van der Waals surface area contributed by atoms with Gasteiger partial charge in [-0.3, -0.25) is 0 Å². The molecule has 1 atom stereocenters. The van der Waals surface area contributed by atoms with Crippen LogP contribution in [0, 0.1) is 0 Å². The van der Waals surface area contributed by atoms with Crippen molar-refractivity contribution in [3.63, 3.8) is 0 Å². The van der Waals surface area contributed by atoms with Crippen LogP contribution in [0.5, 0.6) is 0 Å². The van der Waals surface area contributed by atoms with Crippen molar-refractivity contribution in [3.05, 3.63) is 34.3 Å². The van der Waals surface area contributed by atoms with Gasteiger partial charge in [-0.1, -0.05) is 28.1 Å². The molecule has 1 aromatic rings. The van der Waals surface area contributed by atoms with Crippen LogP contribution >= 0.6 is 15.9 Å². The summed E-state index contributed by atoms with van der Waals surface area (Å²) < 4.78 is 8.35. The first-order valence-corrected chi connectivity index (χ1v) is 4.29. The van der Waals surface area contributed by atoms with E-state index in [0.717, 1.165) is 10.0 Å². The van der Waals surface area contributed by atoms with Gasteiger partial charge in [-0.25, -0.2) is 0 Å². The van der Waals surface area contributed by atoms with Gasteiger partial charge >= 0.3 is 0 Å². The van der Waals surface area contributed by atoms with Crippen molar-refractivity contribution in [1.82, 2.24) is 5.32 Å². The zero-order chi connectivity index (χ0) is 8.97. The SMILES string of the molecule is [2H]CC(NC)c1ccc(Br)cc1. The summed E-state index contributed by atoms with van der Waals surface area (Å²) >= 11 is 3.37. The topological polar surface area (TPSA) is 12.0 Å². The standard InChI is InChI=1S/C9H12BrN/c1-7(11-2)8-3-5-9(10)6-4-8/h3-7,11H,1-2H3/i1D. The summed E-state index contributed by atoms with van der Waals surface area (Å²) in [5.74, 6) is 0. The molecule has 0 spiro atoms. The summed E-state index contributed by atoms with van der Waals surface area (Å²) in [6.45, 7) is 0.373. The fraction of sp³-hybridized carbons (Fsp3) is 0.333. The molecule has 0 radical (unpaired) electrons. The maximum atomic E-state index is 7.28. The van der Waals surface area contributed by atoms with Gasteiger partial charge in [0.2, 0.25) is 0 Å². The van der Waals surface area contributed by atoms with Crippen molar-refractivity contribution in [2.75, 3.05) is 7.05 Å². The molecular formula is C9H12BrN. The number of nitrogens with one attached hydrogen (secondary N) is 1. The van der Waals surface area contributed by atoms with Crippen LogP contribution in [0.4, 0.5) is 0 Å². The predicted octanol–water partition coefficient (Wildman–Crippen LogP) is 2.73. The van der Waals surface area contributed by atoms with E-state index in [4.69, 9.17) is 1.37 Å². The molecular weight excluding hydrogens is 202 g/mol. The first-order chi connectivity index (χ1) is 5.77. The van der Waals surface area contributed by atoms with E-state index in [-0.39, 0.29) is 6.04 Å². The van der Waals surface area contributed by atoms with Crippen LogP contribution in [0.3, 0.4) is 0 Å². The Morgan fingerprint density at radius 2 is 2.09 bits per heavy atom. The molecule has 0 aromatic heterocycles. The van der Waals surface area contributed by atoms with Gasteiger partial charge in [0.1, 0.15) is 0 Å². The van der Waals surface area contributed by atoms with Gasteiger partial charge < -0.3 is 5.32 Å². The zero-order valence-corrected chi connectivity index (χ0v) is 8.06. The lowest BCUT2D eigenvalue weighted by molar-refractivity contribution is 0.652. The van der Waals surface area contributed by atoms with Crippen LogP contribution < -0.4 is 5.32 Å². The second-order valence-corrected chi connectivity index (χ2v) is 3.31. The Labute approximate surface area is 77.3 Å². The number of hydrogen-bond donors (Lipinski definition) is 1. The quantitative estimate of drug-likeness (QED) is 0.799. The Morgan fingerprint density at radius 1 is 1.45 bits per heavy atom. The van der Waals surface area contributed by atoms with E-state index in [2.05, 4.69) is 21.2 Å². The van der Waals surface area contributed by atoms with E-state index in [1.165, 1.54) is 0 Å². The maximum absolute atomic E-state index is 7.28. The first kappa shape index (κ1) is 7.32. The highest BCUT2D eigenvalue weighted by molar-refractivity contribution is 9.10. The zero-order valence-electron chi connectivity index (χ0n) is 7.47.